The summed E-state index contributed by atoms with van der Waals surface area (Å²) in [5.74, 6) is -8.75. The van der Waals surface area contributed by atoms with E-state index < -0.39 is 52.6 Å². The number of allylic oxidation sites excluding steroid dienone is 3. The van der Waals surface area contributed by atoms with Crippen LogP contribution in [-0.2, 0) is 9.53 Å². The van der Waals surface area contributed by atoms with E-state index in [0.29, 0.717) is 5.39 Å². The number of nitriles is 1. The minimum Gasteiger partial charge on any atom is -0.460 e. The summed E-state index contributed by atoms with van der Waals surface area (Å²) in [4.78, 5) is 11.9. The molecule has 0 saturated carbocycles. The number of carbonyl (C=O) groups excluding carboxylic acids is 1. The Hall–Kier alpha value is -3.42. The molecule has 0 fully saturated rings. The number of ether oxygens (including phenoxy) is 1. The third-order valence-corrected chi connectivity index (χ3v) is 3.91. The van der Waals surface area contributed by atoms with Crippen LogP contribution in [0.4, 0.5) is 26.3 Å². The Morgan fingerprint density at radius 2 is 1.79 bits per heavy atom. The third-order valence-electron chi connectivity index (χ3n) is 3.91. The molecule has 2 N–H and O–H groups in total. The zero-order valence-electron chi connectivity index (χ0n) is 13.5. The number of furan rings is 1. The van der Waals surface area contributed by atoms with Crippen LogP contribution in [0.1, 0.15) is 11.7 Å². The Morgan fingerprint density at radius 3 is 2.32 bits per heavy atom. The Bertz CT molecular complexity index is 1040. The fourth-order valence-corrected chi connectivity index (χ4v) is 2.78. The summed E-state index contributed by atoms with van der Waals surface area (Å²) in [5, 5.41) is 9.59. The van der Waals surface area contributed by atoms with Gasteiger partial charge in [-0.2, -0.15) is 31.6 Å². The number of carbonyl (C=O) groups is 1. The molecular formula is C17H8F6N2O3. The first-order valence-electron chi connectivity index (χ1n) is 7.44. The van der Waals surface area contributed by atoms with Gasteiger partial charge >= 0.3 is 12.4 Å². The number of fused-ring (bicyclic) bond motifs is 1. The van der Waals surface area contributed by atoms with Crippen LogP contribution in [0.3, 0.4) is 0 Å². The summed E-state index contributed by atoms with van der Waals surface area (Å²) in [5.41, 5.74) is 2.85. The van der Waals surface area contributed by atoms with Gasteiger partial charge in [0.15, 0.2) is 0 Å². The fraction of sp³-hybridized carbons (Fsp3) is 0.176. The lowest BCUT2D eigenvalue weighted by Crippen LogP contribution is -2.36. The van der Waals surface area contributed by atoms with Crippen molar-refractivity contribution < 1.29 is 40.3 Å². The number of Topliss-reactive ketones (excluding diaryl/α,β-unsaturated/α-hetero) is 1. The molecule has 28 heavy (non-hydrogen) atoms. The van der Waals surface area contributed by atoms with Crippen molar-refractivity contribution in [3.05, 3.63) is 58.9 Å². The number of hydrogen-bond donors (Lipinski definition) is 1. The first kappa shape index (κ1) is 19.3. The molecule has 1 aliphatic heterocycles. The summed E-state index contributed by atoms with van der Waals surface area (Å²) in [7, 11) is 0. The molecule has 2 aromatic rings. The monoisotopic (exact) mass is 402 g/mol. The second kappa shape index (κ2) is 6.33. The van der Waals surface area contributed by atoms with Crippen LogP contribution in [0, 0.1) is 11.3 Å². The van der Waals surface area contributed by atoms with E-state index in [2.05, 4.69) is 4.74 Å². The fourth-order valence-electron chi connectivity index (χ4n) is 2.78. The smallest absolute Gasteiger partial charge is 0.454 e. The van der Waals surface area contributed by atoms with Crippen molar-refractivity contribution in [2.24, 2.45) is 5.73 Å². The van der Waals surface area contributed by atoms with Gasteiger partial charge in [0, 0.05) is 5.39 Å². The van der Waals surface area contributed by atoms with Gasteiger partial charge in [-0.25, -0.2) is 0 Å². The number of halogens is 6. The lowest BCUT2D eigenvalue weighted by Gasteiger charge is -2.28. The van der Waals surface area contributed by atoms with Crippen LogP contribution in [0.25, 0.3) is 11.0 Å². The molecule has 5 nitrogen and oxygen atoms in total. The van der Waals surface area contributed by atoms with E-state index in [-0.39, 0.29) is 5.58 Å². The molecule has 3 rings (SSSR count). The molecule has 0 radical (unpaired) electrons. The number of hydrogen-bond acceptors (Lipinski definition) is 5. The van der Waals surface area contributed by atoms with Crippen molar-refractivity contribution in [2.75, 3.05) is 0 Å². The average Bonchev–Trinajstić information content (AvgIpc) is 3.02. The van der Waals surface area contributed by atoms with Gasteiger partial charge in [-0.1, -0.05) is 18.2 Å². The zero-order valence-corrected chi connectivity index (χ0v) is 13.5. The molecule has 1 aromatic heterocycles. The summed E-state index contributed by atoms with van der Waals surface area (Å²) in [6.45, 7) is 0. The van der Waals surface area contributed by atoms with E-state index in [0.717, 1.165) is 6.07 Å². The molecule has 1 aromatic carbocycles. The summed E-state index contributed by atoms with van der Waals surface area (Å²) < 4.78 is 88.7. The van der Waals surface area contributed by atoms with Crippen LogP contribution in [0.5, 0.6) is 0 Å². The number of benzene rings is 1. The molecule has 1 unspecified atom stereocenters. The van der Waals surface area contributed by atoms with Crippen molar-refractivity contribution >= 4 is 16.8 Å². The van der Waals surface area contributed by atoms with Crippen molar-refractivity contribution in [3.8, 4) is 6.07 Å². The molecule has 0 saturated heterocycles. The highest BCUT2D eigenvalue weighted by molar-refractivity contribution is 6.02. The molecule has 2 heterocycles. The second-order valence-corrected chi connectivity index (χ2v) is 5.68. The molecule has 1 aliphatic rings. The Morgan fingerprint density at radius 1 is 1.14 bits per heavy atom. The number of alkyl halides is 6. The number of rotatable bonds is 2. The molecular weight excluding hydrogens is 394 g/mol. The number of nitrogens with two attached hydrogens (primary N) is 1. The topological polar surface area (TPSA) is 89.3 Å². The maximum Gasteiger partial charge on any atom is 0.454 e. The highest BCUT2D eigenvalue weighted by Crippen LogP contribution is 2.47. The van der Waals surface area contributed by atoms with Crippen molar-refractivity contribution in [2.45, 2.75) is 18.3 Å². The van der Waals surface area contributed by atoms with E-state index in [4.69, 9.17) is 10.2 Å². The van der Waals surface area contributed by atoms with Gasteiger partial charge < -0.3 is 14.9 Å². The van der Waals surface area contributed by atoms with E-state index in [1.165, 1.54) is 24.3 Å². The van der Waals surface area contributed by atoms with Gasteiger partial charge in [-0.15, -0.1) is 0 Å². The minimum atomic E-state index is -5.66. The normalized spacial score (nSPS) is 18.2. The maximum absolute atomic E-state index is 13.3. The number of para-hydroxylation sites is 1. The SMILES string of the molecule is N#CC1=C(N)OC(C(F)(F)F)=C(C(=O)C(F)(F)F)C1c1cc2ccccc2o1. The van der Waals surface area contributed by atoms with Crippen LogP contribution >= 0.6 is 0 Å². The lowest BCUT2D eigenvalue weighted by atomic mass is 9.84. The minimum absolute atomic E-state index is 0.132. The van der Waals surface area contributed by atoms with E-state index in [9.17, 15) is 36.4 Å². The van der Waals surface area contributed by atoms with Crippen LogP contribution in [0.15, 0.2) is 57.5 Å². The van der Waals surface area contributed by atoms with Gasteiger partial charge in [0.05, 0.1) is 11.5 Å². The van der Waals surface area contributed by atoms with Crippen molar-refractivity contribution in [1.29, 1.82) is 5.26 Å². The molecule has 146 valence electrons. The first-order chi connectivity index (χ1) is 12.9. The van der Waals surface area contributed by atoms with Gasteiger partial charge in [0.25, 0.3) is 5.78 Å². The number of nitrogens with zero attached hydrogens (tertiary/aromatic N) is 1. The summed E-state index contributed by atoms with van der Waals surface area (Å²) >= 11 is 0. The van der Waals surface area contributed by atoms with Crippen LogP contribution in [-0.4, -0.2) is 18.1 Å². The average molecular weight is 402 g/mol. The first-order valence-corrected chi connectivity index (χ1v) is 7.44. The molecule has 11 heteroatoms. The zero-order chi connectivity index (χ0) is 20.9. The van der Waals surface area contributed by atoms with Crippen LogP contribution < -0.4 is 5.73 Å². The Labute approximate surface area is 152 Å². The van der Waals surface area contributed by atoms with Crippen molar-refractivity contribution in [3.63, 3.8) is 0 Å². The highest BCUT2D eigenvalue weighted by atomic mass is 19.4. The molecule has 0 spiro atoms. The Balaban J connectivity index is 2.34. The largest absolute Gasteiger partial charge is 0.460 e. The summed E-state index contributed by atoms with van der Waals surface area (Å²) in [6, 6.07) is 8.51. The van der Waals surface area contributed by atoms with Gasteiger partial charge in [0.1, 0.15) is 23.0 Å². The van der Waals surface area contributed by atoms with E-state index >= 15 is 0 Å². The Kier molecular flexibility index (Phi) is 4.37. The van der Waals surface area contributed by atoms with E-state index in [1.54, 1.807) is 6.07 Å². The number of ketones is 1. The standard InChI is InChI=1S/C17H8F6N2O3/c18-16(19,20)13(26)12-11(10-5-7-3-1-2-4-9(7)27-10)8(6-24)15(25)28-14(12)17(21,22)23/h1-5,11H,25H2. The van der Waals surface area contributed by atoms with Gasteiger partial charge in [-0.05, 0) is 12.1 Å². The van der Waals surface area contributed by atoms with Gasteiger partial charge in [0.2, 0.25) is 11.6 Å². The second-order valence-electron chi connectivity index (χ2n) is 5.68. The molecule has 0 bridgehead atoms. The highest BCUT2D eigenvalue weighted by Gasteiger charge is 2.54. The predicted octanol–water partition coefficient (Wildman–Crippen LogP) is 4.19. The third kappa shape index (κ3) is 3.17. The van der Waals surface area contributed by atoms with E-state index in [1.807, 2.05) is 0 Å². The quantitative estimate of drug-likeness (QED) is 0.761. The maximum atomic E-state index is 13.3. The molecule has 0 amide bonds. The molecule has 1 atom stereocenters. The van der Waals surface area contributed by atoms with Gasteiger partial charge in [-0.3, -0.25) is 4.79 Å². The lowest BCUT2D eigenvalue weighted by molar-refractivity contribution is -0.169. The van der Waals surface area contributed by atoms with Crippen molar-refractivity contribution in [1.82, 2.24) is 0 Å². The predicted molar refractivity (Wildman–Crippen MR) is 81.0 cm³/mol. The van der Waals surface area contributed by atoms with Crippen LogP contribution in [0.2, 0.25) is 0 Å². The summed E-state index contributed by atoms with van der Waals surface area (Å²) in [6.07, 6.45) is -11.1. The molecule has 0 aliphatic carbocycles.